The van der Waals surface area contributed by atoms with Crippen molar-refractivity contribution >= 4 is 40.0 Å². The average molecular weight is 857 g/mol. The number of fused-ring (bicyclic) bond motifs is 8. The molecule has 1 unspecified atom stereocenters. The van der Waals surface area contributed by atoms with Gasteiger partial charge in [0, 0.05) is 37.7 Å². The van der Waals surface area contributed by atoms with Crippen molar-refractivity contribution in [1.29, 1.82) is 0 Å². The highest BCUT2D eigenvalue weighted by Crippen LogP contribution is 2.74. The van der Waals surface area contributed by atoms with Crippen molar-refractivity contribution in [3.8, 4) is 23.7 Å². The Bertz CT molecular complexity index is 2450. The molecule has 8 atom stereocenters. The smallest absolute Gasteiger partial charge is 0.311 e. The Labute approximate surface area is 372 Å². The van der Waals surface area contributed by atoms with Gasteiger partial charge in [-0.15, -0.1) is 0 Å². The summed E-state index contributed by atoms with van der Waals surface area (Å²) in [6, 6.07) is 10.9. The molecule has 3 aromatic heterocycles. The van der Waals surface area contributed by atoms with Gasteiger partial charge in [-0.25, -0.2) is 15.0 Å². The second kappa shape index (κ2) is 17.0. The number of aromatic nitrogens is 3. The number of hydrogen-bond acceptors (Lipinski definition) is 10. The van der Waals surface area contributed by atoms with Gasteiger partial charge < -0.3 is 23.5 Å². The Morgan fingerprint density at radius 1 is 0.968 bits per heavy atom. The SMILES string of the molecule is C#[N+][C@]12CC[C@]3(C)[C@@H]([C@H](C)CCCC(C)C)CC[C@H]3[C@]1(C)CC=C1CC(OC(=O)CCC(=O)Oc3cccc(-c4nc(N5CCOCC5)c5oc6ncccc6c5n4)c3)CC[C@@]12C. The zero-order valence-electron chi connectivity index (χ0n) is 38.3. The number of ether oxygens (including phenoxy) is 3. The molecule has 4 fully saturated rings. The minimum Gasteiger partial charge on any atom is -0.462 e. The lowest BCUT2D eigenvalue weighted by Gasteiger charge is -2.62. The van der Waals surface area contributed by atoms with Crippen molar-refractivity contribution in [3.05, 3.63) is 59.1 Å². The molecule has 0 spiro atoms. The molecule has 11 nitrogen and oxygen atoms in total. The van der Waals surface area contributed by atoms with Crippen molar-refractivity contribution in [2.45, 2.75) is 137 Å². The van der Waals surface area contributed by atoms with E-state index in [1.54, 1.807) is 24.4 Å². The topological polar surface area (TPSA) is 121 Å². The molecule has 0 N–H and O–H groups in total. The average Bonchev–Trinajstić information content (AvgIpc) is 3.84. The number of allylic oxidation sites excluding steroid dienone is 1. The van der Waals surface area contributed by atoms with Crippen LogP contribution in [-0.2, 0) is 19.1 Å². The van der Waals surface area contributed by atoms with Gasteiger partial charge in [0.2, 0.25) is 5.71 Å². The van der Waals surface area contributed by atoms with E-state index in [-0.39, 0.29) is 41.3 Å². The predicted molar refractivity (Wildman–Crippen MR) is 246 cm³/mol. The molecular weight excluding hydrogens is 791 g/mol. The van der Waals surface area contributed by atoms with E-state index in [1.165, 1.54) is 37.7 Å². The van der Waals surface area contributed by atoms with Crippen LogP contribution in [0.15, 0.2) is 58.7 Å². The lowest BCUT2D eigenvalue weighted by atomic mass is 9.38. The van der Waals surface area contributed by atoms with Crippen LogP contribution in [-0.4, -0.2) is 64.8 Å². The number of nitrogens with zero attached hydrogens (tertiary/aromatic N) is 5. The van der Waals surface area contributed by atoms with Crippen LogP contribution in [0, 0.1) is 46.5 Å². The van der Waals surface area contributed by atoms with Gasteiger partial charge in [0.15, 0.2) is 17.2 Å². The summed E-state index contributed by atoms with van der Waals surface area (Å²) in [5.74, 6) is 3.38. The van der Waals surface area contributed by atoms with Crippen LogP contribution in [0.3, 0.4) is 0 Å². The van der Waals surface area contributed by atoms with Crippen molar-refractivity contribution < 1.29 is 28.2 Å². The first kappa shape index (κ1) is 43.4. The van der Waals surface area contributed by atoms with E-state index in [4.69, 9.17) is 40.0 Å². The Kier molecular flexibility index (Phi) is 11.7. The summed E-state index contributed by atoms with van der Waals surface area (Å²) in [5, 5.41) is 0.794. The lowest BCUT2D eigenvalue weighted by Crippen LogP contribution is -2.66. The first-order chi connectivity index (χ1) is 30.3. The van der Waals surface area contributed by atoms with Gasteiger partial charge in [0.1, 0.15) is 17.4 Å². The summed E-state index contributed by atoms with van der Waals surface area (Å²) in [6.45, 7) is 23.8. The fourth-order valence-corrected chi connectivity index (χ4v) is 13.6. The lowest BCUT2D eigenvalue weighted by molar-refractivity contribution is -0.155. The zero-order valence-corrected chi connectivity index (χ0v) is 38.3. The molecule has 1 aromatic carbocycles. The summed E-state index contributed by atoms with van der Waals surface area (Å²) in [4.78, 5) is 47.8. The first-order valence-electron chi connectivity index (χ1n) is 23.8. The molecule has 0 amide bonds. The fourth-order valence-electron chi connectivity index (χ4n) is 13.6. The minimum absolute atomic E-state index is 0.0261. The standard InChI is InChI=1S/C52H66N5O6/c1-33(2)11-8-12-34(3)40-16-17-41-49(40,4)24-25-52(53-7)50(5)23-21-38(32-36(50)20-22-51(41,52)6)62-43(59)19-18-42(58)61-37-14-9-13-35(31-37)46-55-44-39-15-10-26-54-48(39)63-45(44)47(56-46)57-27-29-60-30-28-57/h7,9-10,13-15,20,26,31,33-34,38,40-41H,8,11-12,16-19,21-25,27-30,32H2,1-6H3/q+1/t34-,38?,40-,41-,49-,50+,51+,52+/m1/s1. The molecule has 1 aliphatic heterocycles. The van der Waals surface area contributed by atoms with Crippen molar-refractivity contribution in [2.24, 2.45) is 39.9 Å². The third-order valence-electron chi connectivity index (χ3n) is 16.8. The number of carbonyl (C=O) groups excluding carboxylic acids is 2. The maximum atomic E-state index is 13.3. The largest absolute Gasteiger partial charge is 0.462 e. The van der Waals surface area contributed by atoms with Crippen LogP contribution >= 0.6 is 0 Å². The minimum atomic E-state index is -0.512. The van der Waals surface area contributed by atoms with E-state index in [0.29, 0.717) is 83.8 Å². The first-order valence-corrected chi connectivity index (χ1v) is 23.8. The maximum Gasteiger partial charge on any atom is 0.311 e. The van der Waals surface area contributed by atoms with Gasteiger partial charge in [-0.05, 0) is 98.8 Å². The molecule has 5 aliphatic rings. The third-order valence-corrected chi connectivity index (χ3v) is 16.8. The van der Waals surface area contributed by atoms with Crippen molar-refractivity contribution in [3.63, 3.8) is 0 Å². The van der Waals surface area contributed by atoms with Crippen LogP contribution in [0.1, 0.15) is 125 Å². The van der Waals surface area contributed by atoms with Gasteiger partial charge >= 0.3 is 11.9 Å². The second-order valence-electron chi connectivity index (χ2n) is 20.7. The predicted octanol–water partition coefficient (Wildman–Crippen LogP) is 11.4. The van der Waals surface area contributed by atoms with Crippen LogP contribution in [0.25, 0.3) is 38.4 Å². The molecule has 9 rings (SSSR count). The Morgan fingerprint density at radius 3 is 2.57 bits per heavy atom. The number of furan rings is 1. The highest BCUT2D eigenvalue weighted by Gasteiger charge is 2.77. The number of carbonyl (C=O) groups is 2. The number of benzene rings is 1. The second-order valence-corrected chi connectivity index (χ2v) is 20.7. The van der Waals surface area contributed by atoms with Gasteiger partial charge in [-0.1, -0.05) is 82.5 Å². The number of pyridine rings is 1. The summed E-state index contributed by atoms with van der Waals surface area (Å²) in [6.07, 6.45) is 15.7. The molecule has 4 aliphatic carbocycles. The van der Waals surface area contributed by atoms with Gasteiger partial charge in [0.25, 0.3) is 12.1 Å². The molecule has 3 saturated carbocycles. The molecular formula is C52H66N5O6+. The van der Waals surface area contributed by atoms with E-state index in [2.05, 4.69) is 57.5 Å². The number of esters is 2. The highest BCUT2D eigenvalue weighted by molar-refractivity contribution is 6.05. The van der Waals surface area contributed by atoms with Crippen molar-refractivity contribution in [1.82, 2.24) is 15.0 Å². The van der Waals surface area contributed by atoms with E-state index in [9.17, 15) is 9.59 Å². The Morgan fingerprint density at radius 2 is 1.78 bits per heavy atom. The summed E-state index contributed by atoms with van der Waals surface area (Å²) in [7, 11) is 0. The third kappa shape index (κ3) is 7.52. The number of morpholine rings is 1. The van der Waals surface area contributed by atoms with Gasteiger partial charge in [-0.2, -0.15) is 0 Å². The van der Waals surface area contributed by atoms with E-state index in [0.717, 1.165) is 55.2 Å². The zero-order chi connectivity index (χ0) is 44.1. The molecule has 63 heavy (non-hydrogen) atoms. The number of anilines is 1. The number of hydrogen-bond donors (Lipinski definition) is 0. The normalized spacial score (nSPS) is 30.9. The van der Waals surface area contributed by atoms with Crippen LogP contribution in [0.5, 0.6) is 5.75 Å². The van der Waals surface area contributed by atoms with Crippen LogP contribution < -0.4 is 9.64 Å². The monoisotopic (exact) mass is 857 g/mol. The van der Waals surface area contributed by atoms with Crippen LogP contribution in [0.2, 0.25) is 0 Å². The summed E-state index contributed by atoms with van der Waals surface area (Å²) in [5.41, 5.74) is 3.46. The highest BCUT2D eigenvalue weighted by atomic mass is 16.5. The van der Waals surface area contributed by atoms with Gasteiger partial charge in [0.05, 0.1) is 42.3 Å². The van der Waals surface area contributed by atoms with Crippen LogP contribution in [0.4, 0.5) is 5.82 Å². The molecule has 4 aromatic rings. The summed E-state index contributed by atoms with van der Waals surface area (Å²) >= 11 is 0. The van der Waals surface area contributed by atoms with E-state index in [1.807, 2.05) is 18.2 Å². The Balaban J connectivity index is 0.831. The maximum absolute atomic E-state index is 13.3. The molecule has 4 heterocycles. The molecule has 1 saturated heterocycles. The Hall–Kier alpha value is -4.82. The number of rotatable bonds is 12. The molecule has 0 radical (unpaired) electrons. The van der Waals surface area contributed by atoms with Gasteiger partial charge in [-0.3, -0.25) is 9.59 Å². The van der Waals surface area contributed by atoms with Crippen molar-refractivity contribution in [2.75, 3.05) is 31.2 Å². The molecule has 11 heteroatoms. The molecule has 0 bridgehead atoms. The van der Waals surface area contributed by atoms with E-state index < -0.39 is 5.97 Å². The molecule has 334 valence electrons. The van der Waals surface area contributed by atoms with E-state index >= 15 is 0 Å². The quantitative estimate of drug-likeness (QED) is 0.0773. The summed E-state index contributed by atoms with van der Waals surface area (Å²) < 4.78 is 23.6. The fraction of sp³-hybridized carbons (Fsp3) is 0.615.